The number of nitrogens with one attached hydrogen (secondary N) is 1. The minimum Gasteiger partial charge on any atom is -0.493 e. The number of nitrogens with zero attached hydrogens (tertiary/aromatic N) is 2. The van der Waals surface area contributed by atoms with Gasteiger partial charge in [0.1, 0.15) is 12.6 Å². The molecule has 0 aliphatic carbocycles. The number of carbonyl (C=O) groups excluding carboxylic acids is 2. The summed E-state index contributed by atoms with van der Waals surface area (Å²) in [5.74, 6) is -0.231. The molecule has 0 unspecified atom stereocenters. The Morgan fingerprint density at radius 3 is 2.17 bits per heavy atom. The third kappa shape index (κ3) is 6.93. The summed E-state index contributed by atoms with van der Waals surface area (Å²) in [6.07, 6.45) is 0. The summed E-state index contributed by atoms with van der Waals surface area (Å²) in [6.45, 7) is 7.28. The van der Waals surface area contributed by atoms with Crippen molar-refractivity contribution in [3.05, 3.63) is 83.4 Å². The molecular weight excluding hydrogens is 530 g/mol. The van der Waals surface area contributed by atoms with Crippen molar-refractivity contribution in [2.45, 2.75) is 45.2 Å². The molecule has 0 saturated heterocycles. The van der Waals surface area contributed by atoms with Gasteiger partial charge in [0.25, 0.3) is 10.0 Å². The lowest BCUT2D eigenvalue weighted by Crippen LogP contribution is -2.51. The number of amides is 2. The SMILES string of the molecule is CCNC(=O)[C@H](C)N(Cc1ccccc1C)C(=O)CN(c1ccc(C)cc1)S(=O)(=O)c1ccc(OC)c(OC)c1. The number of carbonyl (C=O) groups is 2. The largest absolute Gasteiger partial charge is 0.493 e. The van der Waals surface area contributed by atoms with Crippen molar-refractivity contribution in [3.63, 3.8) is 0 Å². The van der Waals surface area contributed by atoms with Crippen LogP contribution in [0.25, 0.3) is 0 Å². The Labute approximate surface area is 236 Å². The highest BCUT2D eigenvalue weighted by molar-refractivity contribution is 7.92. The van der Waals surface area contributed by atoms with E-state index in [1.165, 1.54) is 37.3 Å². The van der Waals surface area contributed by atoms with Crippen molar-refractivity contribution < 1.29 is 27.5 Å². The first-order valence-corrected chi connectivity index (χ1v) is 14.4. The molecule has 0 aliphatic rings. The van der Waals surface area contributed by atoms with E-state index in [2.05, 4.69) is 5.32 Å². The maximum atomic E-state index is 14.0. The van der Waals surface area contributed by atoms with Crippen LogP contribution in [0.5, 0.6) is 11.5 Å². The number of methoxy groups -OCH3 is 2. The second-order valence-corrected chi connectivity index (χ2v) is 11.2. The summed E-state index contributed by atoms with van der Waals surface area (Å²) in [5.41, 5.74) is 3.06. The van der Waals surface area contributed by atoms with Gasteiger partial charge in [0.05, 0.1) is 24.8 Å². The number of sulfonamides is 1. The van der Waals surface area contributed by atoms with Crippen LogP contribution in [0.4, 0.5) is 5.69 Å². The number of likely N-dealkylation sites (N-methyl/N-ethyl adjacent to an activating group) is 1. The average Bonchev–Trinajstić information content (AvgIpc) is 2.95. The Balaban J connectivity index is 2.08. The summed E-state index contributed by atoms with van der Waals surface area (Å²) in [5, 5.41) is 2.76. The average molecular weight is 568 g/mol. The van der Waals surface area contributed by atoms with Crippen LogP contribution < -0.4 is 19.1 Å². The lowest BCUT2D eigenvalue weighted by molar-refractivity contribution is -0.139. The van der Waals surface area contributed by atoms with Gasteiger partial charge in [-0.25, -0.2) is 8.42 Å². The summed E-state index contributed by atoms with van der Waals surface area (Å²) < 4.78 is 39.7. The number of anilines is 1. The van der Waals surface area contributed by atoms with Gasteiger partial charge in [-0.1, -0.05) is 42.0 Å². The molecule has 9 nitrogen and oxygen atoms in total. The highest BCUT2D eigenvalue weighted by Crippen LogP contribution is 2.32. The van der Waals surface area contributed by atoms with Crippen LogP contribution in [0.2, 0.25) is 0 Å². The van der Waals surface area contributed by atoms with E-state index in [4.69, 9.17) is 9.47 Å². The Morgan fingerprint density at radius 2 is 1.57 bits per heavy atom. The maximum absolute atomic E-state index is 14.0. The van der Waals surface area contributed by atoms with Gasteiger partial charge in [-0.2, -0.15) is 0 Å². The van der Waals surface area contributed by atoms with Gasteiger partial charge in [-0.05, 0) is 63.1 Å². The van der Waals surface area contributed by atoms with Gasteiger partial charge in [0.15, 0.2) is 11.5 Å². The second kappa shape index (κ2) is 13.3. The van der Waals surface area contributed by atoms with Gasteiger partial charge >= 0.3 is 0 Å². The summed E-state index contributed by atoms with van der Waals surface area (Å²) in [6, 6.07) is 17.9. The smallest absolute Gasteiger partial charge is 0.264 e. The molecule has 2 amide bonds. The first kappa shape index (κ1) is 30.5. The van der Waals surface area contributed by atoms with Crippen molar-refractivity contribution in [2.24, 2.45) is 0 Å². The molecule has 0 radical (unpaired) electrons. The van der Waals surface area contributed by atoms with Crippen LogP contribution in [-0.4, -0.2) is 58.5 Å². The number of aryl methyl sites for hydroxylation is 2. The molecule has 10 heteroatoms. The first-order valence-electron chi connectivity index (χ1n) is 13.0. The van der Waals surface area contributed by atoms with E-state index in [-0.39, 0.29) is 23.1 Å². The number of benzene rings is 3. The van der Waals surface area contributed by atoms with Crippen LogP contribution >= 0.6 is 0 Å². The van der Waals surface area contributed by atoms with E-state index in [1.807, 2.05) is 38.1 Å². The molecule has 0 bridgehead atoms. The predicted octanol–water partition coefficient (Wildman–Crippen LogP) is 4.07. The second-order valence-electron chi connectivity index (χ2n) is 9.38. The zero-order chi connectivity index (χ0) is 29.4. The highest BCUT2D eigenvalue weighted by atomic mass is 32.2. The Bertz CT molecular complexity index is 1440. The van der Waals surface area contributed by atoms with Crippen molar-refractivity contribution in [3.8, 4) is 11.5 Å². The minimum absolute atomic E-state index is 0.0687. The Kier molecular flexibility index (Phi) is 10.2. The van der Waals surface area contributed by atoms with E-state index in [1.54, 1.807) is 38.1 Å². The van der Waals surface area contributed by atoms with Gasteiger partial charge in [0.2, 0.25) is 11.8 Å². The zero-order valence-electron chi connectivity index (χ0n) is 23.8. The standard InChI is InChI=1S/C30H37N3O6S/c1-7-31-30(35)23(4)32(19-24-11-9-8-10-22(24)3)29(34)20-33(25-14-12-21(2)13-15-25)40(36,37)26-16-17-27(38-5)28(18-26)39-6/h8-18,23H,7,19-20H2,1-6H3,(H,31,35)/t23-/m0/s1. The van der Waals surface area contributed by atoms with Gasteiger partial charge in [0, 0.05) is 19.2 Å². The van der Waals surface area contributed by atoms with E-state index in [0.717, 1.165) is 21.0 Å². The molecule has 3 aromatic rings. The maximum Gasteiger partial charge on any atom is 0.264 e. The lowest BCUT2D eigenvalue weighted by Gasteiger charge is -2.32. The molecule has 214 valence electrons. The minimum atomic E-state index is -4.24. The summed E-state index contributed by atoms with van der Waals surface area (Å²) >= 11 is 0. The van der Waals surface area contributed by atoms with Crippen LogP contribution in [0, 0.1) is 13.8 Å². The monoisotopic (exact) mass is 567 g/mol. The summed E-state index contributed by atoms with van der Waals surface area (Å²) in [7, 11) is -1.36. The topological polar surface area (TPSA) is 105 Å². The quantitative estimate of drug-likeness (QED) is 0.354. The van der Waals surface area contributed by atoms with Gasteiger partial charge in [-0.3, -0.25) is 13.9 Å². The normalized spacial score (nSPS) is 11.8. The van der Waals surface area contributed by atoms with Crippen molar-refractivity contribution in [1.29, 1.82) is 0 Å². The molecule has 3 aromatic carbocycles. The first-order chi connectivity index (χ1) is 19.0. The molecule has 0 saturated carbocycles. The van der Waals surface area contributed by atoms with Crippen LogP contribution in [-0.2, 0) is 26.2 Å². The van der Waals surface area contributed by atoms with Crippen molar-refractivity contribution in [2.75, 3.05) is 31.6 Å². The number of rotatable bonds is 12. The number of ether oxygens (including phenoxy) is 2. The molecule has 0 spiro atoms. The van der Waals surface area contributed by atoms with Crippen molar-refractivity contribution >= 4 is 27.5 Å². The van der Waals surface area contributed by atoms with E-state index in [9.17, 15) is 18.0 Å². The van der Waals surface area contributed by atoms with Crippen LogP contribution in [0.1, 0.15) is 30.5 Å². The molecule has 0 aliphatic heterocycles. The van der Waals surface area contributed by atoms with E-state index < -0.39 is 28.5 Å². The van der Waals surface area contributed by atoms with Gasteiger partial charge in [-0.15, -0.1) is 0 Å². The molecule has 1 N–H and O–H groups in total. The van der Waals surface area contributed by atoms with E-state index >= 15 is 0 Å². The summed E-state index contributed by atoms with van der Waals surface area (Å²) in [4.78, 5) is 28.1. The number of hydrogen-bond acceptors (Lipinski definition) is 6. The van der Waals surface area contributed by atoms with Gasteiger partial charge < -0.3 is 19.7 Å². The molecule has 40 heavy (non-hydrogen) atoms. The molecular formula is C30H37N3O6S. The molecule has 1 atom stereocenters. The highest BCUT2D eigenvalue weighted by Gasteiger charge is 2.33. The third-order valence-corrected chi connectivity index (χ3v) is 8.43. The molecule has 3 rings (SSSR count). The van der Waals surface area contributed by atoms with E-state index in [0.29, 0.717) is 18.0 Å². The van der Waals surface area contributed by atoms with Crippen LogP contribution in [0.15, 0.2) is 71.6 Å². The fourth-order valence-corrected chi connectivity index (χ4v) is 5.65. The van der Waals surface area contributed by atoms with Crippen LogP contribution in [0.3, 0.4) is 0 Å². The number of hydrogen-bond donors (Lipinski definition) is 1. The Morgan fingerprint density at radius 1 is 0.925 bits per heavy atom. The fraction of sp³-hybridized carbons (Fsp3) is 0.333. The lowest BCUT2D eigenvalue weighted by atomic mass is 10.1. The molecule has 0 fully saturated rings. The predicted molar refractivity (Wildman–Crippen MR) is 155 cm³/mol. The van der Waals surface area contributed by atoms with Crippen molar-refractivity contribution in [1.82, 2.24) is 10.2 Å². The fourth-order valence-electron chi connectivity index (χ4n) is 4.22. The zero-order valence-corrected chi connectivity index (χ0v) is 24.6. The molecule has 0 heterocycles. The Hall–Kier alpha value is -4.05. The molecule has 0 aromatic heterocycles. The third-order valence-electron chi connectivity index (χ3n) is 6.66.